The van der Waals surface area contributed by atoms with E-state index in [4.69, 9.17) is 0 Å². The quantitative estimate of drug-likeness (QED) is 0.886. The van der Waals surface area contributed by atoms with E-state index in [0.29, 0.717) is 5.92 Å². The SMILES string of the molecule is O=C(NCC1CCN(C2CCSCC2)CC1)c1ccc2ncsc2c1. The Labute approximate surface area is 157 Å². The molecule has 1 aromatic carbocycles. The van der Waals surface area contributed by atoms with Gasteiger partial charge < -0.3 is 10.2 Å². The van der Waals surface area contributed by atoms with Crippen molar-refractivity contribution in [3.63, 3.8) is 0 Å². The van der Waals surface area contributed by atoms with Crippen molar-refractivity contribution in [2.24, 2.45) is 5.92 Å². The van der Waals surface area contributed by atoms with Gasteiger partial charge in [-0.25, -0.2) is 4.98 Å². The van der Waals surface area contributed by atoms with E-state index in [9.17, 15) is 4.79 Å². The molecule has 0 radical (unpaired) electrons. The predicted octanol–water partition coefficient (Wildman–Crippen LogP) is 3.63. The van der Waals surface area contributed by atoms with Gasteiger partial charge >= 0.3 is 0 Å². The van der Waals surface area contributed by atoms with E-state index in [1.165, 1.54) is 50.3 Å². The number of amides is 1. The molecule has 0 aliphatic carbocycles. The van der Waals surface area contributed by atoms with Crippen LogP contribution in [0.2, 0.25) is 0 Å². The molecule has 4 rings (SSSR count). The highest BCUT2D eigenvalue weighted by Gasteiger charge is 2.26. The molecule has 2 aromatic rings. The summed E-state index contributed by atoms with van der Waals surface area (Å²) >= 11 is 3.68. The van der Waals surface area contributed by atoms with Crippen LogP contribution >= 0.6 is 23.1 Å². The van der Waals surface area contributed by atoms with Gasteiger partial charge in [-0.15, -0.1) is 11.3 Å². The summed E-state index contributed by atoms with van der Waals surface area (Å²) in [6.45, 7) is 3.19. The van der Waals surface area contributed by atoms with E-state index in [2.05, 4.69) is 27.0 Å². The molecule has 2 aliphatic rings. The maximum Gasteiger partial charge on any atom is 0.251 e. The molecule has 0 spiro atoms. The highest BCUT2D eigenvalue weighted by atomic mass is 32.2. The van der Waals surface area contributed by atoms with E-state index >= 15 is 0 Å². The van der Waals surface area contributed by atoms with E-state index in [1.807, 2.05) is 23.7 Å². The Morgan fingerprint density at radius 1 is 1.20 bits per heavy atom. The second-order valence-corrected chi connectivity index (χ2v) is 9.18. The lowest BCUT2D eigenvalue weighted by atomic mass is 9.94. The van der Waals surface area contributed by atoms with Crippen LogP contribution < -0.4 is 5.32 Å². The van der Waals surface area contributed by atoms with Gasteiger partial charge in [-0.3, -0.25) is 4.79 Å². The van der Waals surface area contributed by atoms with E-state index in [1.54, 1.807) is 11.3 Å². The van der Waals surface area contributed by atoms with Gasteiger partial charge in [0.1, 0.15) is 0 Å². The number of aromatic nitrogens is 1. The van der Waals surface area contributed by atoms with Crippen LogP contribution in [0.4, 0.5) is 0 Å². The maximum absolute atomic E-state index is 12.4. The molecule has 1 aromatic heterocycles. The number of carbonyl (C=O) groups is 1. The zero-order valence-electron chi connectivity index (χ0n) is 14.4. The van der Waals surface area contributed by atoms with Crippen molar-refractivity contribution in [3.05, 3.63) is 29.3 Å². The number of fused-ring (bicyclic) bond motifs is 1. The van der Waals surface area contributed by atoms with Crippen LogP contribution in [0.15, 0.2) is 23.7 Å². The first kappa shape index (κ1) is 17.3. The van der Waals surface area contributed by atoms with Crippen LogP contribution in [-0.4, -0.2) is 53.0 Å². The summed E-state index contributed by atoms with van der Waals surface area (Å²) in [6, 6.07) is 6.57. The lowest BCUT2D eigenvalue weighted by Crippen LogP contribution is -2.45. The van der Waals surface area contributed by atoms with Crippen molar-refractivity contribution in [2.45, 2.75) is 31.7 Å². The molecular weight excluding hydrogens is 350 g/mol. The van der Waals surface area contributed by atoms with Crippen molar-refractivity contribution in [2.75, 3.05) is 31.1 Å². The first-order valence-electron chi connectivity index (χ1n) is 9.23. The van der Waals surface area contributed by atoms with Gasteiger partial charge in [0.25, 0.3) is 5.91 Å². The second-order valence-electron chi connectivity index (χ2n) is 7.07. The van der Waals surface area contributed by atoms with Gasteiger partial charge in [0.05, 0.1) is 15.7 Å². The first-order valence-corrected chi connectivity index (χ1v) is 11.3. The standard InChI is InChI=1S/C19H25N3OS2/c23-19(15-1-2-17-18(11-15)25-13-21-17)20-12-14-3-7-22(8-4-14)16-5-9-24-10-6-16/h1-2,11,13-14,16H,3-10,12H2,(H,20,23). The fourth-order valence-corrected chi connectivity index (χ4v) is 5.71. The van der Waals surface area contributed by atoms with Crippen molar-refractivity contribution in [1.82, 2.24) is 15.2 Å². The number of piperidine rings is 1. The molecule has 0 unspecified atom stereocenters. The van der Waals surface area contributed by atoms with Crippen molar-refractivity contribution < 1.29 is 4.79 Å². The minimum absolute atomic E-state index is 0.0436. The average Bonchev–Trinajstić information content (AvgIpc) is 3.15. The molecule has 3 heterocycles. The Balaban J connectivity index is 1.25. The minimum atomic E-state index is 0.0436. The van der Waals surface area contributed by atoms with E-state index < -0.39 is 0 Å². The summed E-state index contributed by atoms with van der Waals surface area (Å²) in [6.07, 6.45) is 5.12. The molecule has 2 saturated heterocycles. The molecule has 1 N–H and O–H groups in total. The summed E-state index contributed by atoms with van der Waals surface area (Å²) < 4.78 is 1.08. The second kappa shape index (κ2) is 8.06. The van der Waals surface area contributed by atoms with Crippen LogP contribution in [0.5, 0.6) is 0 Å². The van der Waals surface area contributed by atoms with Gasteiger partial charge in [0.2, 0.25) is 0 Å². The Morgan fingerprint density at radius 3 is 2.80 bits per heavy atom. The number of benzene rings is 1. The molecule has 2 fully saturated rings. The third kappa shape index (κ3) is 4.18. The van der Waals surface area contributed by atoms with Gasteiger partial charge in [-0.2, -0.15) is 11.8 Å². The maximum atomic E-state index is 12.4. The summed E-state index contributed by atoms with van der Waals surface area (Å²) in [7, 11) is 0. The highest BCUT2D eigenvalue weighted by Crippen LogP contribution is 2.26. The van der Waals surface area contributed by atoms with Crippen molar-refractivity contribution >= 4 is 39.2 Å². The zero-order valence-corrected chi connectivity index (χ0v) is 16.1. The molecule has 0 saturated carbocycles. The van der Waals surface area contributed by atoms with Gasteiger partial charge in [-0.05, 0) is 74.4 Å². The smallest absolute Gasteiger partial charge is 0.251 e. The molecule has 25 heavy (non-hydrogen) atoms. The number of hydrogen-bond acceptors (Lipinski definition) is 5. The summed E-state index contributed by atoms with van der Waals surface area (Å²) in [5.41, 5.74) is 3.54. The fourth-order valence-electron chi connectivity index (χ4n) is 3.91. The number of nitrogens with one attached hydrogen (secondary N) is 1. The first-order chi connectivity index (χ1) is 12.3. The summed E-state index contributed by atoms with van der Waals surface area (Å²) in [5.74, 6) is 3.31. The number of likely N-dealkylation sites (tertiary alicyclic amines) is 1. The number of thiazole rings is 1. The van der Waals surface area contributed by atoms with Gasteiger partial charge in [0.15, 0.2) is 0 Å². The molecule has 2 aliphatic heterocycles. The predicted molar refractivity (Wildman–Crippen MR) is 107 cm³/mol. The van der Waals surface area contributed by atoms with Crippen LogP contribution in [-0.2, 0) is 0 Å². The molecule has 0 bridgehead atoms. The topological polar surface area (TPSA) is 45.2 Å². The summed E-state index contributed by atoms with van der Waals surface area (Å²) in [5, 5.41) is 3.14. The average molecular weight is 376 g/mol. The molecule has 1 amide bonds. The number of nitrogens with zero attached hydrogens (tertiary/aromatic N) is 2. The summed E-state index contributed by atoms with van der Waals surface area (Å²) in [4.78, 5) is 19.4. The molecule has 6 heteroatoms. The number of rotatable bonds is 4. The monoisotopic (exact) mass is 375 g/mol. The Hall–Kier alpha value is -1.11. The van der Waals surface area contributed by atoms with Crippen LogP contribution in [0, 0.1) is 5.92 Å². The van der Waals surface area contributed by atoms with Gasteiger partial charge in [0, 0.05) is 18.2 Å². The molecule has 0 atom stereocenters. The van der Waals surface area contributed by atoms with E-state index in [-0.39, 0.29) is 5.91 Å². The highest BCUT2D eigenvalue weighted by molar-refractivity contribution is 7.99. The Morgan fingerprint density at radius 2 is 2.00 bits per heavy atom. The lowest BCUT2D eigenvalue weighted by molar-refractivity contribution is 0.0920. The van der Waals surface area contributed by atoms with Crippen molar-refractivity contribution in [1.29, 1.82) is 0 Å². The third-order valence-electron chi connectivity index (χ3n) is 5.50. The molecule has 4 nitrogen and oxygen atoms in total. The molecule has 134 valence electrons. The minimum Gasteiger partial charge on any atom is -0.352 e. The van der Waals surface area contributed by atoms with Crippen LogP contribution in [0.25, 0.3) is 10.2 Å². The Bertz CT molecular complexity index is 718. The third-order valence-corrected chi connectivity index (χ3v) is 7.34. The fraction of sp³-hybridized carbons (Fsp3) is 0.579. The lowest BCUT2D eigenvalue weighted by Gasteiger charge is -2.39. The number of thioether (sulfide) groups is 1. The normalized spacial score (nSPS) is 20.8. The van der Waals surface area contributed by atoms with Crippen LogP contribution in [0.3, 0.4) is 0 Å². The molecular formula is C19H25N3OS2. The Kier molecular flexibility index (Phi) is 5.58. The van der Waals surface area contributed by atoms with Gasteiger partial charge in [-0.1, -0.05) is 0 Å². The largest absolute Gasteiger partial charge is 0.352 e. The number of hydrogen-bond donors (Lipinski definition) is 1. The number of carbonyl (C=O) groups excluding carboxylic acids is 1. The van der Waals surface area contributed by atoms with Crippen molar-refractivity contribution in [3.8, 4) is 0 Å². The van der Waals surface area contributed by atoms with E-state index in [0.717, 1.165) is 28.4 Å². The zero-order chi connectivity index (χ0) is 17.1. The van der Waals surface area contributed by atoms with Crippen LogP contribution in [0.1, 0.15) is 36.0 Å².